The SMILES string of the molecule is O=C(OCCCn1nnc(-c2ccccc2)n1)c1sccc1OC(F)F. The summed E-state index contributed by atoms with van der Waals surface area (Å²) in [5.74, 6) is -0.373. The zero-order valence-corrected chi connectivity index (χ0v) is 14.2. The number of nitrogens with zero attached hydrogens (tertiary/aromatic N) is 4. The number of carbonyl (C=O) groups is 1. The fraction of sp³-hybridized carbons (Fsp3) is 0.250. The molecule has 0 N–H and O–H groups in total. The number of aromatic nitrogens is 4. The van der Waals surface area contributed by atoms with Crippen LogP contribution < -0.4 is 4.74 Å². The van der Waals surface area contributed by atoms with E-state index in [1.54, 1.807) is 0 Å². The van der Waals surface area contributed by atoms with Gasteiger partial charge in [0.25, 0.3) is 0 Å². The van der Waals surface area contributed by atoms with Crippen molar-refractivity contribution in [2.45, 2.75) is 19.6 Å². The van der Waals surface area contributed by atoms with E-state index in [9.17, 15) is 13.6 Å². The van der Waals surface area contributed by atoms with Gasteiger partial charge in [-0.15, -0.1) is 21.5 Å². The third-order valence-corrected chi connectivity index (χ3v) is 4.13. The minimum absolute atomic E-state index is 0.00976. The van der Waals surface area contributed by atoms with E-state index in [-0.39, 0.29) is 17.2 Å². The zero-order chi connectivity index (χ0) is 18.4. The van der Waals surface area contributed by atoms with Crippen LogP contribution in [0.5, 0.6) is 5.75 Å². The second-order valence-electron chi connectivity index (χ2n) is 5.06. The lowest BCUT2D eigenvalue weighted by molar-refractivity contribution is -0.0501. The average molecular weight is 380 g/mol. The number of aryl methyl sites for hydroxylation is 1. The summed E-state index contributed by atoms with van der Waals surface area (Å²) in [7, 11) is 0. The highest BCUT2D eigenvalue weighted by Crippen LogP contribution is 2.27. The standard InChI is InChI=1S/C16H14F2N4O3S/c17-16(18)25-12-7-10-26-13(12)15(23)24-9-4-8-22-20-14(19-21-22)11-5-2-1-3-6-11/h1-3,5-7,10,16H,4,8-9H2. The smallest absolute Gasteiger partial charge is 0.387 e. The Labute approximate surface area is 151 Å². The number of halogens is 2. The molecular formula is C16H14F2N4O3S. The van der Waals surface area contributed by atoms with Crippen molar-refractivity contribution in [1.82, 2.24) is 20.2 Å². The molecule has 3 aromatic rings. The Kier molecular flexibility index (Phi) is 5.84. The van der Waals surface area contributed by atoms with Crippen LogP contribution in [0.1, 0.15) is 16.1 Å². The van der Waals surface area contributed by atoms with Gasteiger partial charge in [0.05, 0.1) is 13.2 Å². The minimum Gasteiger partial charge on any atom is -0.461 e. The molecule has 0 aliphatic carbocycles. The van der Waals surface area contributed by atoms with Crippen molar-refractivity contribution in [2.75, 3.05) is 6.61 Å². The molecular weight excluding hydrogens is 366 g/mol. The molecule has 0 radical (unpaired) electrons. The molecule has 0 bridgehead atoms. The number of ether oxygens (including phenoxy) is 2. The van der Waals surface area contributed by atoms with Gasteiger partial charge in [-0.2, -0.15) is 13.6 Å². The fourth-order valence-corrected chi connectivity index (χ4v) is 2.83. The Morgan fingerprint density at radius 3 is 2.81 bits per heavy atom. The Balaban J connectivity index is 1.47. The first-order valence-electron chi connectivity index (χ1n) is 7.66. The van der Waals surface area contributed by atoms with Crippen LogP contribution in [-0.4, -0.2) is 39.4 Å². The summed E-state index contributed by atoms with van der Waals surface area (Å²) in [6.45, 7) is -2.50. The van der Waals surface area contributed by atoms with Gasteiger partial charge in [0.1, 0.15) is 0 Å². The summed E-state index contributed by atoms with van der Waals surface area (Å²) in [6.07, 6.45) is 0.451. The highest BCUT2D eigenvalue weighted by Gasteiger charge is 2.18. The van der Waals surface area contributed by atoms with E-state index in [2.05, 4.69) is 20.1 Å². The molecule has 3 rings (SSSR count). The van der Waals surface area contributed by atoms with Crippen LogP contribution in [0.15, 0.2) is 41.8 Å². The molecule has 0 saturated carbocycles. The summed E-state index contributed by atoms with van der Waals surface area (Å²) >= 11 is 0.982. The largest absolute Gasteiger partial charge is 0.461 e. The van der Waals surface area contributed by atoms with Crippen LogP contribution in [0.3, 0.4) is 0 Å². The third-order valence-electron chi connectivity index (χ3n) is 3.25. The van der Waals surface area contributed by atoms with Crippen LogP contribution in [0.2, 0.25) is 0 Å². The molecule has 0 fully saturated rings. The molecule has 0 spiro atoms. The lowest BCUT2D eigenvalue weighted by Gasteiger charge is -2.06. The lowest BCUT2D eigenvalue weighted by Crippen LogP contribution is -2.11. The predicted octanol–water partition coefficient (Wildman–Crippen LogP) is 3.25. The van der Waals surface area contributed by atoms with Gasteiger partial charge in [0, 0.05) is 12.0 Å². The Morgan fingerprint density at radius 2 is 2.04 bits per heavy atom. The molecule has 0 aliphatic heterocycles. The van der Waals surface area contributed by atoms with Gasteiger partial charge in [0.2, 0.25) is 5.82 Å². The molecule has 0 amide bonds. The van der Waals surface area contributed by atoms with Crippen LogP contribution >= 0.6 is 11.3 Å². The molecule has 2 heterocycles. The molecule has 0 saturated heterocycles. The average Bonchev–Trinajstić information content (AvgIpc) is 3.28. The van der Waals surface area contributed by atoms with E-state index in [0.29, 0.717) is 18.8 Å². The molecule has 136 valence electrons. The van der Waals surface area contributed by atoms with E-state index in [0.717, 1.165) is 16.9 Å². The van der Waals surface area contributed by atoms with Gasteiger partial charge in [-0.25, -0.2) is 4.79 Å². The first-order valence-corrected chi connectivity index (χ1v) is 8.54. The van der Waals surface area contributed by atoms with Gasteiger partial charge in [0.15, 0.2) is 10.6 Å². The van der Waals surface area contributed by atoms with Crippen molar-refractivity contribution < 1.29 is 23.0 Å². The van der Waals surface area contributed by atoms with Crippen molar-refractivity contribution in [3.8, 4) is 17.1 Å². The van der Waals surface area contributed by atoms with E-state index in [4.69, 9.17) is 4.74 Å². The second-order valence-corrected chi connectivity index (χ2v) is 5.97. The number of alkyl halides is 2. The number of carbonyl (C=O) groups excluding carboxylic acids is 1. The molecule has 26 heavy (non-hydrogen) atoms. The maximum atomic E-state index is 12.3. The van der Waals surface area contributed by atoms with Crippen molar-refractivity contribution in [3.05, 3.63) is 46.7 Å². The molecule has 0 atom stereocenters. The zero-order valence-electron chi connectivity index (χ0n) is 13.4. The van der Waals surface area contributed by atoms with E-state index in [1.807, 2.05) is 30.3 Å². The fourth-order valence-electron chi connectivity index (χ4n) is 2.11. The van der Waals surface area contributed by atoms with Crippen molar-refractivity contribution in [3.63, 3.8) is 0 Å². The van der Waals surface area contributed by atoms with Gasteiger partial charge in [-0.3, -0.25) is 0 Å². The Morgan fingerprint density at radius 1 is 1.23 bits per heavy atom. The maximum Gasteiger partial charge on any atom is 0.387 e. The first kappa shape index (κ1) is 17.9. The highest BCUT2D eigenvalue weighted by atomic mass is 32.1. The topological polar surface area (TPSA) is 79.1 Å². The van der Waals surface area contributed by atoms with Crippen LogP contribution in [0, 0.1) is 0 Å². The lowest BCUT2D eigenvalue weighted by atomic mass is 10.2. The van der Waals surface area contributed by atoms with Crippen LogP contribution in [0.4, 0.5) is 8.78 Å². The number of esters is 1. The van der Waals surface area contributed by atoms with Gasteiger partial charge < -0.3 is 9.47 Å². The minimum atomic E-state index is -2.99. The Bertz CT molecular complexity index is 854. The number of hydrogen-bond acceptors (Lipinski definition) is 7. The van der Waals surface area contributed by atoms with E-state index < -0.39 is 12.6 Å². The first-order chi connectivity index (χ1) is 12.6. The number of hydrogen-bond donors (Lipinski definition) is 0. The quantitative estimate of drug-likeness (QED) is 0.441. The Hall–Kier alpha value is -2.88. The molecule has 1 aromatic carbocycles. The van der Waals surface area contributed by atoms with E-state index >= 15 is 0 Å². The summed E-state index contributed by atoms with van der Waals surface area (Å²) < 4.78 is 33.9. The normalized spacial score (nSPS) is 10.9. The summed E-state index contributed by atoms with van der Waals surface area (Å²) in [5, 5.41) is 13.6. The van der Waals surface area contributed by atoms with Crippen LogP contribution in [0.25, 0.3) is 11.4 Å². The number of rotatable bonds is 8. The molecule has 0 unspecified atom stereocenters. The number of thiophene rings is 1. The summed E-state index contributed by atoms with van der Waals surface area (Å²) in [5.41, 5.74) is 0.856. The van der Waals surface area contributed by atoms with Gasteiger partial charge in [-0.05, 0) is 16.7 Å². The second kappa shape index (κ2) is 8.48. The van der Waals surface area contributed by atoms with Gasteiger partial charge >= 0.3 is 12.6 Å². The van der Waals surface area contributed by atoms with E-state index in [1.165, 1.54) is 16.2 Å². The maximum absolute atomic E-state index is 12.3. The van der Waals surface area contributed by atoms with Crippen molar-refractivity contribution >= 4 is 17.3 Å². The highest BCUT2D eigenvalue weighted by molar-refractivity contribution is 7.12. The van der Waals surface area contributed by atoms with Crippen molar-refractivity contribution in [1.29, 1.82) is 0 Å². The summed E-state index contributed by atoms with van der Waals surface area (Å²) in [4.78, 5) is 13.3. The van der Waals surface area contributed by atoms with Crippen LogP contribution in [-0.2, 0) is 11.3 Å². The summed E-state index contributed by atoms with van der Waals surface area (Å²) in [6, 6.07) is 10.7. The van der Waals surface area contributed by atoms with Crippen molar-refractivity contribution in [2.24, 2.45) is 0 Å². The molecule has 0 aliphatic rings. The molecule has 7 nitrogen and oxygen atoms in total. The van der Waals surface area contributed by atoms with Gasteiger partial charge in [-0.1, -0.05) is 30.3 Å². The molecule has 10 heteroatoms. The number of benzene rings is 1. The monoisotopic (exact) mass is 380 g/mol. The number of tetrazole rings is 1. The molecule has 2 aromatic heterocycles. The third kappa shape index (κ3) is 4.60. The predicted molar refractivity (Wildman–Crippen MR) is 89.1 cm³/mol.